The second kappa shape index (κ2) is 8.14. The lowest BCUT2D eigenvalue weighted by atomic mass is 10.1. The number of thiophene rings is 1. The molecule has 9 nitrogen and oxygen atoms in total. The molecule has 0 atom stereocenters. The average Bonchev–Trinajstić information content (AvgIpc) is 2.96. The van der Waals surface area contributed by atoms with E-state index in [1.807, 2.05) is 0 Å². The predicted octanol–water partition coefficient (Wildman–Crippen LogP) is 3.44. The van der Waals surface area contributed by atoms with Crippen LogP contribution in [0.4, 0.5) is 10.7 Å². The van der Waals surface area contributed by atoms with E-state index in [-0.39, 0.29) is 31.7 Å². The van der Waals surface area contributed by atoms with Gasteiger partial charge in [-0.3, -0.25) is 14.9 Å². The third kappa shape index (κ3) is 4.07. The molecule has 2 aromatic rings. The number of esters is 2. The summed E-state index contributed by atoms with van der Waals surface area (Å²) in [6.45, 7) is 1.52. The van der Waals surface area contributed by atoms with Crippen LogP contribution in [0.15, 0.2) is 18.2 Å². The predicted molar refractivity (Wildman–Crippen MR) is 97.8 cm³/mol. The number of benzene rings is 1. The maximum atomic E-state index is 12.5. The lowest BCUT2D eigenvalue weighted by Gasteiger charge is -2.07. The molecule has 1 heterocycles. The van der Waals surface area contributed by atoms with Crippen LogP contribution in [0.3, 0.4) is 0 Å². The van der Waals surface area contributed by atoms with Gasteiger partial charge in [-0.1, -0.05) is 11.6 Å². The molecule has 0 saturated carbocycles. The number of non-ortho nitro benzene ring substituents is 1. The second-order valence-corrected chi connectivity index (χ2v) is 6.55. The number of methoxy groups -OCH3 is 2. The Morgan fingerprint density at radius 2 is 1.81 bits per heavy atom. The van der Waals surface area contributed by atoms with E-state index in [1.54, 1.807) is 0 Å². The first-order valence-electron chi connectivity index (χ1n) is 7.26. The molecule has 0 unspecified atom stereocenters. The number of nitro benzene ring substituents is 1. The van der Waals surface area contributed by atoms with Crippen LogP contribution in [0.1, 0.15) is 36.0 Å². The Labute approximate surface area is 162 Å². The quantitative estimate of drug-likeness (QED) is 0.453. The number of ether oxygens (including phenoxy) is 2. The van der Waals surface area contributed by atoms with E-state index in [9.17, 15) is 24.5 Å². The number of rotatable bonds is 5. The summed E-state index contributed by atoms with van der Waals surface area (Å²) < 4.78 is 9.37. The van der Waals surface area contributed by atoms with E-state index < -0.39 is 22.8 Å². The van der Waals surface area contributed by atoms with Crippen molar-refractivity contribution in [3.05, 3.63) is 54.9 Å². The Hall–Kier alpha value is -2.98. The first kappa shape index (κ1) is 20.3. The number of nitrogens with zero attached hydrogens (tertiary/aromatic N) is 1. The minimum Gasteiger partial charge on any atom is -0.465 e. The van der Waals surface area contributed by atoms with Crippen molar-refractivity contribution < 1.29 is 28.8 Å². The summed E-state index contributed by atoms with van der Waals surface area (Å²) in [6.07, 6.45) is 0. The summed E-state index contributed by atoms with van der Waals surface area (Å²) in [6, 6.07) is 3.36. The number of carbonyl (C=O) groups excluding carboxylic acids is 3. The Bertz CT molecular complexity index is 954. The number of hydrogen-bond donors (Lipinski definition) is 1. The summed E-state index contributed by atoms with van der Waals surface area (Å²) in [7, 11) is 2.35. The zero-order valence-electron chi connectivity index (χ0n) is 14.3. The van der Waals surface area contributed by atoms with Crippen molar-refractivity contribution in [2.75, 3.05) is 19.5 Å². The fourth-order valence-electron chi connectivity index (χ4n) is 2.21. The smallest absolute Gasteiger partial charge is 0.348 e. The summed E-state index contributed by atoms with van der Waals surface area (Å²) in [5, 5.41) is 13.2. The SMILES string of the molecule is COC(=O)c1sc(NC(=O)c2ccc([N+](=O)[O-])cc2Cl)c(C(=O)OC)c1C. The number of halogens is 1. The van der Waals surface area contributed by atoms with Gasteiger partial charge in [0, 0.05) is 12.1 Å². The summed E-state index contributed by atoms with van der Waals surface area (Å²) in [5.41, 5.74) is -0.00594. The van der Waals surface area contributed by atoms with E-state index in [0.717, 1.165) is 30.6 Å². The molecule has 27 heavy (non-hydrogen) atoms. The minimum atomic E-state index is -0.746. The van der Waals surface area contributed by atoms with E-state index in [2.05, 4.69) is 10.1 Å². The zero-order chi connectivity index (χ0) is 20.3. The molecular weight excluding hydrogens is 400 g/mol. The third-order valence-electron chi connectivity index (χ3n) is 3.54. The van der Waals surface area contributed by atoms with Gasteiger partial charge in [-0.05, 0) is 18.6 Å². The van der Waals surface area contributed by atoms with E-state index in [0.29, 0.717) is 5.56 Å². The van der Waals surface area contributed by atoms with Gasteiger partial charge < -0.3 is 14.8 Å². The Kier molecular flexibility index (Phi) is 6.13. The monoisotopic (exact) mass is 412 g/mol. The third-order valence-corrected chi connectivity index (χ3v) is 5.04. The van der Waals surface area contributed by atoms with Gasteiger partial charge in [-0.15, -0.1) is 11.3 Å². The molecule has 0 aliphatic heterocycles. The van der Waals surface area contributed by atoms with E-state index in [4.69, 9.17) is 16.3 Å². The fourth-order valence-corrected chi connectivity index (χ4v) is 3.58. The number of anilines is 1. The van der Waals surface area contributed by atoms with E-state index >= 15 is 0 Å². The molecule has 0 fully saturated rings. The van der Waals surface area contributed by atoms with Crippen LogP contribution >= 0.6 is 22.9 Å². The molecule has 0 bridgehead atoms. The zero-order valence-corrected chi connectivity index (χ0v) is 15.9. The Morgan fingerprint density at radius 3 is 2.33 bits per heavy atom. The van der Waals surface area contributed by atoms with Crippen molar-refractivity contribution in [2.24, 2.45) is 0 Å². The standard InChI is InChI=1S/C16H13ClN2O7S/c1-7-11(15(21)25-2)14(27-12(7)16(22)26-3)18-13(20)9-5-4-8(19(23)24)6-10(9)17/h4-6H,1-3H3,(H,18,20). The molecular formula is C16H13ClN2O7S. The van der Waals surface area contributed by atoms with Crippen molar-refractivity contribution in [1.29, 1.82) is 0 Å². The van der Waals surface area contributed by atoms with Crippen LogP contribution in [-0.4, -0.2) is 37.0 Å². The van der Waals surface area contributed by atoms with Crippen LogP contribution in [0.5, 0.6) is 0 Å². The van der Waals surface area contributed by atoms with Gasteiger partial charge in [0.25, 0.3) is 11.6 Å². The molecule has 1 aromatic heterocycles. The average molecular weight is 413 g/mol. The second-order valence-electron chi connectivity index (χ2n) is 5.12. The molecule has 1 amide bonds. The maximum absolute atomic E-state index is 12.5. The molecule has 1 aromatic carbocycles. The van der Waals surface area contributed by atoms with Crippen molar-refractivity contribution in [3.63, 3.8) is 0 Å². The summed E-state index contributed by atoms with van der Waals surface area (Å²) in [4.78, 5) is 46.7. The molecule has 0 radical (unpaired) electrons. The van der Waals surface area contributed by atoms with Crippen LogP contribution in [0, 0.1) is 17.0 Å². The van der Waals surface area contributed by atoms with Gasteiger partial charge in [0.05, 0.1) is 35.3 Å². The first-order valence-corrected chi connectivity index (χ1v) is 8.46. The summed E-state index contributed by atoms with van der Waals surface area (Å²) in [5.74, 6) is -2.13. The van der Waals surface area contributed by atoms with Crippen molar-refractivity contribution in [1.82, 2.24) is 0 Å². The normalized spacial score (nSPS) is 10.2. The molecule has 11 heteroatoms. The number of hydrogen-bond acceptors (Lipinski definition) is 8. The lowest BCUT2D eigenvalue weighted by molar-refractivity contribution is -0.384. The highest BCUT2D eigenvalue weighted by Gasteiger charge is 2.27. The largest absolute Gasteiger partial charge is 0.465 e. The van der Waals surface area contributed by atoms with Crippen LogP contribution in [0.2, 0.25) is 5.02 Å². The number of nitrogens with one attached hydrogen (secondary N) is 1. The lowest BCUT2D eigenvalue weighted by Crippen LogP contribution is -2.15. The number of amides is 1. The van der Waals surface area contributed by atoms with Crippen molar-refractivity contribution >= 4 is 51.5 Å². The van der Waals surface area contributed by atoms with Gasteiger partial charge in [0.1, 0.15) is 9.88 Å². The molecule has 0 saturated heterocycles. The van der Waals surface area contributed by atoms with Gasteiger partial charge in [-0.2, -0.15) is 0 Å². The topological polar surface area (TPSA) is 125 Å². The molecule has 1 N–H and O–H groups in total. The molecule has 2 rings (SSSR count). The minimum absolute atomic E-state index is 0.00860. The fraction of sp³-hybridized carbons (Fsp3) is 0.188. The van der Waals surface area contributed by atoms with Gasteiger partial charge in [-0.25, -0.2) is 9.59 Å². The number of carbonyl (C=O) groups is 3. The molecule has 0 spiro atoms. The van der Waals surface area contributed by atoms with Crippen LogP contribution < -0.4 is 5.32 Å². The van der Waals surface area contributed by atoms with Crippen LogP contribution in [-0.2, 0) is 9.47 Å². The molecule has 0 aliphatic rings. The molecule has 0 aliphatic carbocycles. The Morgan fingerprint density at radius 1 is 1.19 bits per heavy atom. The Balaban J connectivity index is 2.44. The van der Waals surface area contributed by atoms with Gasteiger partial charge >= 0.3 is 11.9 Å². The number of nitro groups is 1. The summed E-state index contributed by atoms with van der Waals surface area (Å²) >= 11 is 6.79. The first-order chi connectivity index (χ1) is 12.7. The van der Waals surface area contributed by atoms with Gasteiger partial charge in [0.15, 0.2) is 0 Å². The highest BCUT2D eigenvalue weighted by Crippen LogP contribution is 2.35. The highest BCUT2D eigenvalue weighted by atomic mass is 35.5. The molecule has 142 valence electrons. The van der Waals surface area contributed by atoms with Crippen molar-refractivity contribution in [2.45, 2.75) is 6.92 Å². The van der Waals surface area contributed by atoms with Crippen LogP contribution in [0.25, 0.3) is 0 Å². The van der Waals surface area contributed by atoms with Crippen molar-refractivity contribution in [3.8, 4) is 0 Å². The van der Waals surface area contributed by atoms with E-state index in [1.165, 1.54) is 20.1 Å². The van der Waals surface area contributed by atoms with Gasteiger partial charge in [0.2, 0.25) is 0 Å². The maximum Gasteiger partial charge on any atom is 0.348 e. The highest BCUT2D eigenvalue weighted by molar-refractivity contribution is 7.18.